The van der Waals surface area contributed by atoms with E-state index in [-0.39, 0.29) is 0 Å². The molecule has 0 amide bonds. The highest BCUT2D eigenvalue weighted by molar-refractivity contribution is 5.87. The van der Waals surface area contributed by atoms with Crippen LogP contribution in [0.4, 0.5) is 0 Å². The lowest BCUT2D eigenvalue weighted by Crippen LogP contribution is -2.26. The van der Waals surface area contributed by atoms with Crippen molar-refractivity contribution in [1.82, 2.24) is 9.80 Å². The molecule has 1 aromatic rings. The minimum atomic E-state index is -0.856. The maximum atomic E-state index is 10.8. The molecule has 0 aliphatic carbocycles. The second-order valence-corrected chi connectivity index (χ2v) is 5.94. The molecule has 102 valence electrons. The van der Waals surface area contributed by atoms with Crippen LogP contribution in [0.25, 0.3) is 0 Å². The summed E-state index contributed by atoms with van der Waals surface area (Å²) in [5.74, 6) is 0.789. The zero-order chi connectivity index (χ0) is 13.4. The van der Waals surface area contributed by atoms with Crippen LogP contribution in [0.5, 0.6) is 0 Å². The minimum absolute atomic E-state index is 0.365. The molecule has 2 heterocycles. The molecule has 0 radical (unpaired) electrons. The number of fused-ring (bicyclic) bond motifs is 1. The third kappa shape index (κ3) is 2.65. The van der Waals surface area contributed by atoms with Crippen molar-refractivity contribution < 1.29 is 9.90 Å². The molecule has 2 aliphatic rings. The van der Waals surface area contributed by atoms with E-state index in [0.29, 0.717) is 5.56 Å². The molecule has 2 aliphatic heterocycles. The van der Waals surface area contributed by atoms with Crippen LogP contribution >= 0.6 is 0 Å². The van der Waals surface area contributed by atoms with E-state index >= 15 is 0 Å². The van der Waals surface area contributed by atoms with Crippen LogP contribution in [0.2, 0.25) is 0 Å². The van der Waals surface area contributed by atoms with E-state index in [1.165, 1.54) is 31.7 Å². The summed E-state index contributed by atoms with van der Waals surface area (Å²) in [4.78, 5) is 15.7. The zero-order valence-corrected chi connectivity index (χ0v) is 11.2. The van der Waals surface area contributed by atoms with Gasteiger partial charge in [-0.15, -0.1) is 0 Å². The van der Waals surface area contributed by atoms with E-state index in [4.69, 9.17) is 5.11 Å². The summed E-state index contributed by atoms with van der Waals surface area (Å²) in [7, 11) is 2.20. The van der Waals surface area contributed by atoms with Crippen LogP contribution < -0.4 is 0 Å². The number of aromatic carboxylic acids is 1. The van der Waals surface area contributed by atoms with Gasteiger partial charge in [0.2, 0.25) is 0 Å². The highest BCUT2D eigenvalue weighted by Crippen LogP contribution is 2.30. The fourth-order valence-corrected chi connectivity index (χ4v) is 3.46. The molecule has 2 atom stereocenters. The summed E-state index contributed by atoms with van der Waals surface area (Å²) < 4.78 is 0. The van der Waals surface area contributed by atoms with E-state index < -0.39 is 5.97 Å². The molecular weight excluding hydrogens is 240 g/mol. The third-order valence-corrected chi connectivity index (χ3v) is 4.35. The number of benzene rings is 1. The Morgan fingerprint density at radius 1 is 1.16 bits per heavy atom. The molecule has 1 aromatic carbocycles. The average Bonchev–Trinajstić information content (AvgIpc) is 2.86. The predicted molar refractivity (Wildman–Crippen MR) is 73.2 cm³/mol. The van der Waals surface area contributed by atoms with Gasteiger partial charge in [0, 0.05) is 32.7 Å². The monoisotopic (exact) mass is 260 g/mol. The molecule has 0 unspecified atom stereocenters. The predicted octanol–water partition coefficient (Wildman–Crippen LogP) is 1.38. The van der Waals surface area contributed by atoms with Gasteiger partial charge in [-0.3, -0.25) is 4.90 Å². The summed E-state index contributed by atoms with van der Waals surface area (Å²) in [6, 6.07) is 7.26. The van der Waals surface area contributed by atoms with Gasteiger partial charge in [0.1, 0.15) is 0 Å². The number of nitrogens with zero attached hydrogens (tertiary/aromatic N) is 2. The van der Waals surface area contributed by atoms with Crippen LogP contribution in [-0.2, 0) is 6.54 Å². The number of carbonyl (C=O) groups is 1. The molecule has 2 fully saturated rings. The molecule has 0 bridgehead atoms. The zero-order valence-electron chi connectivity index (χ0n) is 11.2. The van der Waals surface area contributed by atoms with Crippen LogP contribution in [0.3, 0.4) is 0 Å². The molecule has 2 saturated heterocycles. The Balaban J connectivity index is 1.59. The molecule has 0 spiro atoms. The Hall–Kier alpha value is -1.39. The number of carboxylic acids is 1. The normalized spacial score (nSPS) is 27.6. The van der Waals surface area contributed by atoms with Crippen molar-refractivity contribution in [2.75, 3.05) is 33.2 Å². The molecule has 4 heteroatoms. The van der Waals surface area contributed by atoms with Gasteiger partial charge in [-0.25, -0.2) is 4.79 Å². The van der Waals surface area contributed by atoms with Crippen LogP contribution in [-0.4, -0.2) is 54.1 Å². The summed E-state index contributed by atoms with van der Waals surface area (Å²) in [5, 5.41) is 8.88. The molecule has 3 rings (SSSR count). The van der Waals surface area contributed by atoms with Gasteiger partial charge in [0.05, 0.1) is 5.56 Å². The first-order chi connectivity index (χ1) is 9.11. The molecular formula is C15H20N2O2. The molecule has 0 aromatic heterocycles. The van der Waals surface area contributed by atoms with Gasteiger partial charge in [0.15, 0.2) is 0 Å². The topological polar surface area (TPSA) is 43.8 Å². The van der Waals surface area contributed by atoms with Crippen molar-refractivity contribution in [2.24, 2.45) is 11.8 Å². The number of rotatable bonds is 3. The van der Waals surface area contributed by atoms with Gasteiger partial charge < -0.3 is 10.0 Å². The Morgan fingerprint density at radius 2 is 1.74 bits per heavy atom. The summed E-state index contributed by atoms with van der Waals surface area (Å²) in [6.07, 6.45) is 0. The highest BCUT2D eigenvalue weighted by Gasteiger charge is 2.38. The molecule has 0 saturated carbocycles. The van der Waals surface area contributed by atoms with Crippen molar-refractivity contribution in [3.05, 3.63) is 35.4 Å². The van der Waals surface area contributed by atoms with Crippen molar-refractivity contribution in [3.63, 3.8) is 0 Å². The minimum Gasteiger partial charge on any atom is -0.478 e. The van der Waals surface area contributed by atoms with E-state index in [9.17, 15) is 4.79 Å². The van der Waals surface area contributed by atoms with Crippen molar-refractivity contribution in [1.29, 1.82) is 0 Å². The Kier molecular flexibility index (Phi) is 3.29. The van der Waals surface area contributed by atoms with Crippen LogP contribution in [0, 0.1) is 11.8 Å². The van der Waals surface area contributed by atoms with Crippen molar-refractivity contribution >= 4 is 5.97 Å². The van der Waals surface area contributed by atoms with Gasteiger partial charge >= 0.3 is 5.97 Å². The first-order valence-corrected chi connectivity index (χ1v) is 6.85. The SMILES string of the molecule is CN1C[C@@H]2CN(Cc3ccc(C(=O)O)cc3)C[C@@H]2C1. The maximum absolute atomic E-state index is 10.8. The van der Waals surface area contributed by atoms with E-state index in [1.54, 1.807) is 12.1 Å². The second-order valence-electron chi connectivity index (χ2n) is 5.94. The van der Waals surface area contributed by atoms with E-state index in [1.807, 2.05) is 12.1 Å². The molecule has 1 N–H and O–H groups in total. The fourth-order valence-electron chi connectivity index (χ4n) is 3.46. The van der Waals surface area contributed by atoms with Gasteiger partial charge in [-0.2, -0.15) is 0 Å². The number of hydrogen-bond donors (Lipinski definition) is 1. The third-order valence-electron chi connectivity index (χ3n) is 4.35. The van der Waals surface area contributed by atoms with Crippen molar-refractivity contribution in [3.8, 4) is 0 Å². The largest absolute Gasteiger partial charge is 0.478 e. The molecule has 19 heavy (non-hydrogen) atoms. The second kappa shape index (κ2) is 4.94. The van der Waals surface area contributed by atoms with Crippen LogP contribution in [0.1, 0.15) is 15.9 Å². The first-order valence-electron chi connectivity index (χ1n) is 6.85. The summed E-state index contributed by atoms with van der Waals surface area (Å²) in [6.45, 7) is 5.74. The van der Waals surface area contributed by atoms with Gasteiger partial charge in [-0.05, 0) is 36.6 Å². The summed E-state index contributed by atoms with van der Waals surface area (Å²) >= 11 is 0. The van der Waals surface area contributed by atoms with Crippen molar-refractivity contribution in [2.45, 2.75) is 6.54 Å². The standard InChI is InChI=1S/C15H20N2O2/c1-16-7-13-9-17(10-14(13)8-16)6-11-2-4-12(5-3-11)15(18)19/h2-5,13-14H,6-10H2,1H3,(H,18,19)/t13-,14+. The lowest BCUT2D eigenvalue weighted by Gasteiger charge is -2.19. The Morgan fingerprint density at radius 3 is 2.26 bits per heavy atom. The highest BCUT2D eigenvalue weighted by atomic mass is 16.4. The quantitative estimate of drug-likeness (QED) is 0.891. The molecule has 4 nitrogen and oxygen atoms in total. The first kappa shape index (κ1) is 12.6. The fraction of sp³-hybridized carbons (Fsp3) is 0.533. The Bertz CT molecular complexity index is 458. The number of carboxylic acid groups (broad SMARTS) is 1. The van der Waals surface area contributed by atoms with Crippen LogP contribution in [0.15, 0.2) is 24.3 Å². The number of likely N-dealkylation sites (tertiary alicyclic amines) is 2. The number of hydrogen-bond acceptors (Lipinski definition) is 3. The van der Waals surface area contributed by atoms with Gasteiger partial charge in [-0.1, -0.05) is 12.1 Å². The Labute approximate surface area is 113 Å². The maximum Gasteiger partial charge on any atom is 0.335 e. The lowest BCUT2D eigenvalue weighted by molar-refractivity contribution is 0.0697. The average molecular weight is 260 g/mol. The van der Waals surface area contributed by atoms with E-state index in [0.717, 1.165) is 18.4 Å². The smallest absolute Gasteiger partial charge is 0.335 e. The van der Waals surface area contributed by atoms with Gasteiger partial charge in [0.25, 0.3) is 0 Å². The lowest BCUT2D eigenvalue weighted by atomic mass is 10.0. The summed E-state index contributed by atoms with van der Waals surface area (Å²) in [5.41, 5.74) is 1.57. The van der Waals surface area contributed by atoms with E-state index in [2.05, 4.69) is 16.8 Å².